The van der Waals surface area contributed by atoms with E-state index in [-0.39, 0.29) is 6.42 Å². The van der Waals surface area contributed by atoms with Crippen molar-refractivity contribution < 1.29 is 14.6 Å². The molecule has 3 rings (SSSR count). The van der Waals surface area contributed by atoms with Crippen LogP contribution in [0.4, 0.5) is 5.69 Å². The first-order valence-electron chi connectivity index (χ1n) is 7.48. The molecule has 1 aliphatic heterocycles. The Balaban J connectivity index is 1.63. The molecule has 1 N–H and O–H groups in total. The Hall–Kier alpha value is -2.18. The van der Waals surface area contributed by atoms with Gasteiger partial charge in [0.05, 0.1) is 25.3 Å². The standard InChI is InChI=1S/C17H18N2O3S/c20-17(21)11-14-12-23-16(18-14)6-3-13-1-4-15(5-2-13)19-7-9-22-10-8-19/h1-6,12H,7-11H2,(H,20,21). The van der Waals surface area contributed by atoms with Crippen molar-refractivity contribution in [2.24, 2.45) is 0 Å². The Morgan fingerprint density at radius 1 is 1.26 bits per heavy atom. The zero-order valence-electron chi connectivity index (χ0n) is 12.6. The predicted octanol–water partition coefficient (Wildman–Crippen LogP) is 2.78. The van der Waals surface area contributed by atoms with Crippen LogP contribution >= 0.6 is 11.3 Å². The molecule has 0 atom stereocenters. The van der Waals surface area contributed by atoms with Gasteiger partial charge in [-0.25, -0.2) is 4.98 Å². The van der Waals surface area contributed by atoms with Crippen molar-refractivity contribution in [3.8, 4) is 0 Å². The molecule has 0 saturated carbocycles. The van der Waals surface area contributed by atoms with Gasteiger partial charge >= 0.3 is 5.97 Å². The molecule has 1 saturated heterocycles. The molecule has 1 aromatic heterocycles. The second-order valence-electron chi connectivity index (χ2n) is 5.27. The van der Waals surface area contributed by atoms with Crippen molar-refractivity contribution in [1.82, 2.24) is 4.98 Å². The number of benzene rings is 1. The smallest absolute Gasteiger partial charge is 0.309 e. The van der Waals surface area contributed by atoms with Crippen molar-refractivity contribution in [2.75, 3.05) is 31.2 Å². The van der Waals surface area contributed by atoms with E-state index in [4.69, 9.17) is 9.84 Å². The van der Waals surface area contributed by atoms with E-state index in [1.54, 1.807) is 5.38 Å². The molecule has 1 aliphatic rings. The quantitative estimate of drug-likeness (QED) is 0.913. The number of thiazole rings is 1. The van der Waals surface area contributed by atoms with Gasteiger partial charge in [-0.2, -0.15) is 0 Å². The molecule has 0 spiro atoms. The van der Waals surface area contributed by atoms with Gasteiger partial charge in [-0.3, -0.25) is 4.79 Å². The number of hydrogen-bond acceptors (Lipinski definition) is 5. The summed E-state index contributed by atoms with van der Waals surface area (Å²) in [5.74, 6) is -0.857. The first-order chi connectivity index (χ1) is 11.2. The first-order valence-corrected chi connectivity index (χ1v) is 8.36. The molecular formula is C17H18N2O3S. The van der Waals surface area contributed by atoms with Crippen LogP contribution in [0.5, 0.6) is 0 Å². The van der Waals surface area contributed by atoms with Crippen LogP contribution in [-0.4, -0.2) is 42.4 Å². The Morgan fingerprint density at radius 3 is 2.70 bits per heavy atom. The average Bonchev–Trinajstić information content (AvgIpc) is 3.01. The minimum atomic E-state index is -0.857. The summed E-state index contributed by atoms with van der Waals surface area (Å²) in [6.07, 6.45) is 3.88. The lowest BCUT2D eigenvalue weighted by Gasteiger charge is -2.28. The molecule has 2 aromatic rings. The largest absolute Gasteiger partial charge is 0.481 e. The van der Waals surface area contributed by atoms with E-state index in [9.17, 15) is 4.79 Å². The van der Waals surface area contributed by atoms with E-state index in [1.807, 2.05) is 12.2 Å². The highest BCUT2D eigenvalue weighted by molar-refractivity contribution is 7.10. The van der Waals surface area contributed by atoms with Gasteiger partial charge in [0.2, 0.25) is 0 Å². The van der Waals surface area contributed by atoms with Crippen molar-refractivity contribution in [1.29, 1.82) is 0 Å². The number of carboxylic acid groups (broad SMARTS) is 1. The Labute approximate surface area is 138 Å². The maximum atomic E-state index is 10.7. The van der Waals surface area contributed by atoms with Gasteiger partial charge in [-0.1, -0.05) is 18.2 Å². The van der Waals surface area contributed by atoms with E-state index in [2.05, 4.69) is 34.1 Å². The topological polar surface area (TPSA) is 62.7 Å². The summed E-state index contributed by atoms with van der Waals surface area (Å²) in [7, 11) is 0. The number of aromatic nitrogens is 1. The lowest BCUT2D eigenvalue weighted by molar-refractivity contribution is -0.136. The number of aliphatic carboxylic acids is 1. The van der Waals surface area contributed by atoms with Crippen LogP contribution in [0.3, 0.4) is 0 Å². The summed E-state index contributed by atoms with van der Waals surface area (Å²) in [5.41, 5.74) is 2.91. The van der Waals surface area contributed by atoms with E-state index in [0.717, 1.165) is 36.9 Å². The Morgan fingerprint density at radius 2 is 2.00 bits per heavy atom. The van der Waals surface area contributed by atoms with Crippen LogP contribution in [0.2, 0.25) is 0 Å². The van der Waals surface area contributed by atoms with E-state index in [1.165, 1.54) is 17.0 Å². The minimum Gasteiger partial charge on any atom is -0.481 e. The fourth-order valence-electron chi connectivity index (χ4n) is 2.42. The third-order valence-electron chi connectivity index (χ3n) is 3.59. The van der Waals surface area contributed by atoms with Gasteiger partial charge in [0.1, 0.15) is 5.01 Å². The summed E-state index contributed by atoms with van der Waals surface area (Å²) < 4.78 is 5.36. The lowest BCUT2D eigenvalue weighted by Crippen LogP contribution is -2.36. The lowest BCUT2D eigenvalue weighted by atomic mass is 10.2. The molecule has 1 fully saturated rings. The molecule has 2 heterocycles. The van der Waals surface area contributed by atoms with Crippen LogP contribution in [0.1, 0.15) is 16.3 Å². The van der Waals surface area contributed by atoms with Crippen molar-refractivity contribution in [3.05, 3.63) is 45.9 Å². The van der Waals surface area contributed by atoms with Crippen molar-refractivity contribution in [2.45, 2.75) is 6.42 Å². The first kappa shape index (κ1) is 15.7. The molecule has 0 aliphatic carbocycles. The third-order valence-corrected chi connectivity index (χ3v) is 4.45. The number of rotatable bonds is 5. The molecule has 5 nitrogen and oxygen atoms in total. The van der Waals surface area contributed by atoms with Crippen molar-refractivity contribution >= 4 is 35.1 Å². The van der Waals surface area contributed by atoms with E-state index in [0.29, 0.717) is 5.69 Å². The molecule has 0 bridgehead atoms. The van der Waals surface area contributed by atoms with E-state index >= 15 is 0 Å². The summed E-state index contributed by atoms with van der Waals surface area (Å²) in [5, 5.41) is 11.4. The second-order valence-corrected chi connectivity index (χ2v) is 6.16. The van der Waals surface area contributed by atoms with E-state index < -0.39 is 5.97 Å². The third kappa shape index (κ3) is 4.40. The van der Waals surface area contributed by atoms with Gasteiger partial charge in [-0.15, -0.1) is 11.3 Å². The van der Waals surface area contributed by atoms with Gasteiger partial charge < -0.3 is 14.7 Å². The number of anilines is 1. The van der Waals surface area contributed by atoms with Crippen LogP contribution in [0.15, 0.2) is 29.6 Å². The number of ether oxygens (including phenoxy) is 1. The molecule has 0 radical (unpaired) electrons. The zero-order valence-corrected chi connectivity index (χ0v) is 13.5. The highest BCUT2D eigenvalue weighted by Crippen LogP contribution is 2.19. The highest BCUT2D eigenvalue weighted by Gasteiger charge is 2.10. The molecular weight excluding hydrogens is 312 g/mol. The second kappa shape index (κ2) is 7.39. The van der Waals surface area contributed by atoms with Gasteiger partial charge in [-0.05, 0) is 23.8 Å². The number of morpholine rings is 1. The maximum Gasteiger partial charge on any atom is 0.309 e. The SMILES string of the molecule is O=C(O)Cc1csc(C=Cc2ccc(N3CCOCC3)cc2)n1. The molecule has 1 aromatic carbocycles. The number of carboxylic acids is 1. The summed E-state index contributed by atoms with van der Waals surface area (Å²) in [6, 6.07) is 8.38. The maximum absolute atomic E-state index is 10.7. The molecule has 120 valence electrons. The van der Waals surface area contributed by atoms with Gasteiger partial charge in [0.15, 0.2) is 0 Å². The monoisotopic (exact) mass is 330 g/mol. The van der Waals surface area contributed by atoms with Crippen LogP contribution in [-0.2, 0) is 16.0 Å². The van der Waals surface area contributed by atoms with Gasteiger partial charge in [0.25, 0.3) is 0 Å². The van der Waals surface area contributed by atoms with Crippen LogP contribution in [0, 0.1) is 0 Å². The molecule has 0 amide bonds. The minimum absolute atomic E-state index is 0.0292. The number of hydrogen-bond donors (Lipinski definition) is 1. The fraction of sp³-hybridized carbons (Fsp3) is 0.294. The van der Waals surface area contributed by atoms with Crippen molar-refractivity contribution in [3.63, 3.8) is 0 Å². The highest BCUT2D eigenvalue weighted by atomic mass is 32.1. The molecule has 6 heteroatoms. The zero-order chi connectivity index (χ0) is 16.1. The molecule has 23 heavy (non-hydrogen) atoms. The number of nitrogens with zero attached hydrogens (tertiary/aromatic N) is 2. The molecule has 0 unspecified atom stereocenters. The summed E-state index contributed by atoms with van der Waals surface area (Å²) in [4.78, 5) is 17.3. The average molecular weight is 330 g/mol. The van der Waals surface area contributed by atoms with Crippen LogP contribution < -0.4 is 4.90 Å². The Kier molecular flexibility index (Phi) is 5.05. The normalized spacial score (nSPS) is 15.2. The van der Waals surface area contributed by atoms with Crippen LogP contribution in [0.25, 0.3) is 12.2 Å². The number of carbonyl (C=O) groups is 1. The predicted molar refractivity (Wildman–Crippen MR) is 91.9 cm³/mol. The summed E-state index contributed by atoms with van der Waals surface area (Å²) >= 11 is 1.45. The summed E-state index contributed by atoms with van der Waals surface area (Å²) in [6.45, 7) is 3.43. The Bertz CT molecular complexity index is 688. The fourth-order valence-corrected chi connectivity index (χ4v) is 3.13. The van der Waals surface area contributed by atoms with Gasteiger partial charge in [0, 0.05) is 24.2 Å².